The van der Waals surface area contributed by atoms with Gasteiger partial charge in [-0.1, -0.05) is 6.42 Å². The first kappa shape index (κ1) is 9.16. The second-order valence-corrected chi connectivity index (χ2v) is 4.85. The summed E-state index contributed by atoms with van der Waals surface area (Å²) in [5, 5.41) is 6.77. The lowest BCUT2D eigenvalue weighted by atomic mass is 9.85. The molecule has 1 fully saturated rings. The molecule has 0 amide bonds. The number of aryl methyl sites for hydroxylation is 1. The van der Waals surface area contributed by atoms with E-state index in [4.69, 9.17) is 0 Å². The molecule has 0 saturated heterocycles. The molecule has 3 heteroatoms. The lowest BCUT2D eigenvalue weighted by Crippen LogP contribution is -2.26. The van der Waals surface area contributed by atoms with Gasteiger partial charge in [0.2, 0.25) is 0 Å². The second-order valence-electron chi connectivity index (χ2n) is 3.79. The van der Waals surface area contributed by atoms with Gasteiger partial charge in [0.05, 0.1) is 10.7 Å². The highest BCUT2D eigenvalue weighted by molar-refractivity contribution is 7.09. The molecule has 1 aromatic rings. The third-order valence-electron chi connectivity index (χ3n) is 2.63. The molecule has 0 bridgehead atoms. The van der Waals surface area contributed by atoms with Crippen LogP contribution in [0.4, 0.5) is 0 Å². The van der Waals surface area contributed by atoms with Crippen molar-refractivity contribution in [2.24, 2.45) is 5.92 Å². The van der Waals surface area contributed by atoms with Gasteiger partial charge in [-0.3, -0.25) is 0 Å². The molecule has 0 atom stereocenters. The lowest BCUT2D eigenvalue weighted by Gasteiger charge is -2.25. The quantitative estimate of drug-likeness (QED) is 0.799. The fraction of sp³-hybridized carbons (Fsp3) is 0.700. The molecule has 0 aliphatic heterocycles. The summed E-state index contributed by atoms with van der Waals surface area (Å²) >= 11 is 1.73. The molecular formula is C10H16N2S. The van der Waals surface area contributed by atoms with Crippen molar-refractivity contribution in [2.45, 2.75) is 32.7 Å². The highest BCUT2D eigenvalue weighted by atomic mass is 32.1. The van der Waals surface area contributed by atoms with Gasteiger partial charge in [-0.15, -0.1) is 11.3 Å². The van der Waals surface area contributed by atoms with E-state index in [0.717, 1.165) is 12.5 Å². The largest absolute Gasteiger partial charge is 0.311 e. The minimum atomic E-state index is 0.944. The van der Waals surface area contributed by atoms with Crippen LogP contribution in [0.2, 0.25) is 0 Å². The van der Waals surface area contributed by atoms with E-state index in [1.165, 1.54) is 36.5 Å². The van der Waals surface area contributed by atoms with E-state index in [0.29, 0.717) is 0 Å². The monoisotopic (exact) mass is 196 g/mol. The van der Waals surface area contributed by atoms with Gasteiger partial charge in [0.15, 0.2) is 0 Å². The van der Waals surface area contributed by atoms with Crippen molar-refractivity contribution in [1.82, 2.24) is 10.3 Å². The fourth-order valence-electron chi connectivity index (χ4n) is 1.59. The molecule has 1 N–H and O–H groups in total. The molecule has 13 heavy (non-hydrogen) atoms. The molecular weight excluding hydrogens is 180 g/mol. The van der Waals surface area contributed by atoms with E-state index >= 15 is 0 Å². The zero-order valence-electron chi connectivity index (χ0n) is 8.05. The normalized spacial score (nSPS) is 17.3. The predicted octanol–water partition coefficient (Wildman–Crippen LogP) is 2.34. The Morgan fingerprint density at radius 3 is 3.00 bits per heavy atom. The molecule has 0 aromatic carbocycles. The molecule has 2 rings (SSSR count). The summed E-state index contributed by atoms with van der Waals surface area (Å²) in [4.78, 5) is 4.41. The number of nitrogens with one attached hydrogen (secondary N) is 1. The van der Waals surface area contributed by atoms with Gasteiger partial charge in [-0.2, -0.15) is 0 Å². The lowest BCUT2D eigenvalue weighted by molar-refractivity contribution is 0.301. The molecule has 1 aliphatic rings. The van der Waals surface area contributed by atoms with Crippen LogP contribution in [0.1, 0.15) is 30.0 Å². The van der Waals surface area contributed by atoms with Crippen LogP contribution >= 0.6 is 11.3 Å². The summed E-state index contributed by atoms with van der Waals surface area (Å²) in [5.74, 6) is 0.944. The van der Waals surface area contributed by atoms with Gasteiger partial charge in [-0.05, 0) is 32.2 Å². The van der Waals surface area contributed by atoms with Crippen LogP contribution in [0.15, 0.2) is 5.38 Å². The zero-order chi connectivity index (χ0) is 9.10. The Kier molecular flexibility index (Phi) is 2.96. The second kappa shape index (κ2) is 4.20. The van der Waals surface area contributed by atoms with E-state index in [2.05, 4.69) is 22.6 Å². The maximum Gasteiger partial charge on any atom is 0.0897 e. The highest BCUT2D eigenvalue weighted by Gasteiger charge is 2.16. The number of hydrogen-bond acceptors (Lipinski definition) is 3. The Morgan fingerprint density at radius 1 is 1.62 bits per heavy atom. The maximum absolute atomic E-state index is 4.41. The Hall–Kier alpha value is -0.410. The summed E-state index contributed by atoms with van der Waals surface area (Å²) in [6, 6.07) is 0. The van der Waals surface area contributed by atoms with Crippen LogP contribution in [0.25, 0.3) is 0 Å². The number of hydrogen-bond donors (Lipinski definition) is 1. The predicted molar refractivity (Wildman–Crippen MR) is 55.9 cm³/mol. The van der Waals surface area contributed by atoms with E-state index in [-0.39, 0.29) is 0 Å². The first-order valence-electron chi connectivity index (χ1n) is 4.96. The van der Waals surface area contributed by atoms with Crippen molar-refractivity contribution < 1.29 is 0 Å². The van der Waals surface area contributed by atoms with E-state index in [1.54, 1.807) is 11.3 Å². The van der Waals surface area contributed by atoms with Gasteiger partial charge < -0.3 is 5.32 Å². The molecule has 1 aliphatic carbocycles. The first-order valence-corrected chi connectivity index (χ1v) is 5.84. The minimum Gasteiger partial charge on any atom is -0.311 e. The zero-order valence-corrected chi connectivity index (χ0v) is 8.86. The van der Waals surface area contributed by atoms with Crippen molar-refractivity contribution in [3.05, 3.63) is 16.1 Å². The minimum absolute atomic E-state index is 0.944. The molecule has 1 heterocycles. The topological polar surface area (TPSA) is 24.9 Å². The number of aromatic nitrogens is 1. The molecule has 0 radical (unpaired) electrons. The van der Waals surface area contributed by atoms with E-state index in [9.17, 15) is 0 Å². The van der Waals surface area contributed by atoms with Gasteiger partial charge in [0.25, 0.3) is 0 Å². The van der Waals surface area contributed by atoms with Gasteiger partial charge in [0, 0.05) is 11.9 Å². The van der Waals surface area contributed by atoms with Gasteiger partial charge in [0.1, 0.15) is 0 Å². The van der Waals surface area contributed by atoms with E-state index < -0.39 is 0 Å². The van der Waals surface area contributed by atoms with Crippen molar-refractivity contribution in [3.63, 3.8) is 0 Å². The van der Waals surface area contributed by atoms with Gasteiger partial charge in [-0.25, -0.2) is 4.98 Å². The first-order chi connectivity index (χ1) is 6.34. The van der Waals surface area contributed by atoms with Crippen LogP contribution in [0.5, 0.6) is 0 Å². The Morgan fingerprint density at radius 2 is 2.46 bits per heavy atom. The summed E-state index contributed by atoms with van der Waals surface area (Å²) in [6.07, 6.45) is 4.27. The average molecular weight is 196 g/mol. The van der Waals surface area contributed by atoms with Gasteiger partial charge >= 0.3 is 0 Å². The average Bonchev–Trinajstić information content (AvgIpc) is 2.42. The standard InChI is InChI=1S/C10H16N2S/c1-8-12-10(7-13-8)6-11-5-9-3-2-4-9/h7,9,11H,2-6H2,1H3. The van der Waals surface area contributed by atoms with Crippen molar-refractivity contribution in [3.8, 4) is 0 Å². The maximum atomic E-state index is 4.41. The molecule has 1 aromatic heterocycles. The third-order valence-corrected chi connectivity index (χ3v) is 3.45. The molecule has 0 unspecified atom stereocenters. The van der Waals surface area contributed by atoms with Crippen LogP contribution in [-0.2, 0) is 6.54 Å². The van der Waals surface area contributed by atoms with Crippen molar-refractivity contribution in [2.75, 3.05) is 6.54 Å². The summed E-state index contributed by atoms with van der Waals surface area (Å²) in [6.45, 7) is 4.18. The SMILES string of the molecule is Cc1nc(CNCC2CCC2)cs1. The third kappa shape index (κ3) is 2.51. The van der Waals surface area contributed by atoms with E-state index in [1.807, 2.05) is 0 Å². The Balaban J connectivity index is 1.67. The molecule has 1 saturated carbocycles. The number of nitrogens with zero attached hydrogens (tertiary/aromatic N) is 1. The smallest absolute Gasteiger partial charge is 0.0897 e. The number of rotatable bonds is 4. The van der Waals surface area contributed by atoms with Crippen LogP contribution in [0, 0.1) is 12.8 Å². The summed E-state index contributed by atoms with van der Waals surface area (Å²) in [7, 11) is 0. The summed E-state index contributed by atoms with van der Waals surface area (Å²) < 4.78 is 0. The number of thiazole rings is 1. The fourth-order valence-corrected chi connectivity index (χ4v) is 2.20. The summed E-state index contributed by atoms with van der Waals surface area (Å²) in [5.41, 5.74) is 1.20. The molecule has 2 nitrogen and oxygen atoms in total. The highest BCUT2D eigenvalue weighted by Crippen LogP contribution is 2.25. The Bertz CT molecular complexity index is 266. The van der Waals surface area contributed by atoms with Crippen LogP contribution in [0.3, 0.4) is 0 Å². The molecule has 0 spiro atoms. The van der Waals surface area contributed by atoms with Crippen LogP contribution < -0.4 is 5.32 Å². The van der Waals surface area contributed by atoms with Crippen LogP contribution in [-0.4, -0.2) is 11.5 Å². The molecule has 72 valence electrons. The van der Waals surface area contributed by atoms with Crippen molar-refractivity contribution >= 4 is 11.3 Å². The van der Waals surface area contributed by atoms with Crippen molar-refractivity contribution in [1.29, 1.82) is 0 Å². The Labute approximate surface area is 83.4 Å².